The van der Waals surface area contributed by atoms with Crippen molar-refractivity contribution in [3.8, 4) is 0 Å². The molecule has 7 nitrogen and oxygen atoms in total. The van der Waals surface area contributed by atoms with Crippen LogP contribution in [0.5, 0.6) is 0 Å². The van der Waals surface area contributed by atoms with Gasteiger partial charge in [0.25, 0.3) is 0 Å². The van der Waals surface area contributed by atoms with Gasteiger partial charge in [-0.3, -0.25) is 0 Å². The summed E-state index contributed by atoms with van der Waals surface area (Å²) in [4.78, 5) is 0. The van der Waals surface area contributed by atoms with Gasteiger partial charge in [-0.2, -0.15) is 0 Å². The molecular formula is C12H26O7S2. The van der Waals surface area contributed by atoms with Crippen LogP contribution < -0.4 is 0 Å². The van der Waals surface area contributed by atoms with Gasteiger partial charge < -0.3 is 23.7 Å². The average Bonchev–Trinajstić information content (AvgIpc) is 2.42. The average molecular weight is 346 g/mol. The zero-order valence-corrected chi connectivity index (χ0v) is 14.4. The fourth-order valence-electron chi connectivity index (χ4n) is 1.15. The lowest BCUT2D eigenvalue weighted by atomic mass is 10.7. The maximum Gasteiger partial charge on any atom is 0.198 e. The van der Waals surface area contributed by atoms with Gasteiger partial charge in [-0.15, -0.1) is 0 Å². The van der Waals surface area contributed by atoms with Crippen molar-refractivity contribution in [2.75, 3.05) is 78.6 Å². The Morgan fingerprint density at radius 2 is 1.10 bits per heavy atom. The predicted octanol–water partition coefficient (Wildman–Crippen LogP) is 0.392. The van der Waals surface area contributed by atoms with E-state index in [0.29, 0.717) is 65.2 Å². The van der Waals surface area contributed by atoms with Crippen molar-refractivity contribution in [1.29, 1.82) is 0 Å². The molecule has 0 unspecified atom stereocenters. The minimum atomic E-state index is -2.97. The van der Waals surface area contributed by atoms with Crippen LogP contribution in [0.15, 0.2) is 0 Å². The van der Waals surface area contributed by atoms with Crippen molar-refractivity contribution in [3.63, 3.8) is 0 Å². The first-order chi connectivity index (χ1) is 10.1. The fraction of sp³-hybridized carbons (Fsp3) is 1.00. The summed E-state index contributed by atoms with van der Waals surface area (Å²) in [6.07, 6.45) is 1.18. The van der Waals surface area contributed by atoms with E-state index in [9.17, 15) is 8.42 Å². The highest BCUT2D eigenvalue weighted by Gasteiger charge is 2.01. The van der Waals surface area contributed by atoms with Crippen LogP contribution in [0.1, 0.15) is 0 Å². The maximum absolute atomic E-state index is 10.8. The first kappa shape index (κ1) is 21.1. The molecule has 0 spiro atoms. The molecule has 0 aromatic carbocycles. The summed E-state index contributed by atoms with van der Waals surface area (Å²) >= 11 is 0. The first-order valence-electron chi connectivity index (χ1n) is 6.70. The van der Waals surface area contributed by atoms with Crippen LogP contribution in [0.25, 0.3) is 0 Å². The van der Waals surface area contributed by atoms with Gasteiger partial charge in [0.15, 0.2) is 8.87 Å². The SMILES string of the molecule is COCCOCCOCCOCCOCCSS(C)(=O)=O. The summed E-state index contributed by atoms with van der Waals surface area (Å²) in [6.45, 7) is 4.57. The Bertz CT molecular complexity index is 309. The zero-order valence-electron chi connectivity index (χ0n) is 12.7. The van der Waals surface area contributed by atoms with E-state index >= 15 is 0 Å². The van der Waals surface area contributed by atoms with E-state index in [1.807, 2.05) is 0 Å². The molecule has 0 heterocycles. The standard InChI is InChI=1S/C12H26O7S2/c1-15-3-4-16-5-6-17-7-8-18-9-10-19-11-12-20-21(2,13)14/h3-12H2,1-2H3. The van der Waals surface area contributed by atoms with Gasteiger partial charge in [0.1, 0.15) is 0 Å². The van der Waals surface area contributed by atoms with Crippen molar-refractivity contribution in [1.82, 2.24) is 0 Å². The molecule has 0 aromatic heterocycles. The molecule has 0 atom stereocenters. The molecule has 0 saturated heterocycles. The number of methoxy groups -OCH3 is 1. The highest BCUT2D eigenvalue weighted by atomic mass is 33.1. The van der Waals surface area contributed by atoms with E-state index in [1.165, 1.54) is 6.26 Å². The van der Waals surface area contributed by atoms with Gasteiger partial charge in [-0.05, 0) is 10.8 Å². The van der Waals surface area contributed by atoms with Crippen LogP contribution in [0, 0.1) is 0 Å². The van der Waals surface area contributed by atoms with E-state index < -0.39 is 8.87 Å². The molecule has 21 heavy (non-hydrogen) atoms. The van der Waals surface area contributed by atoms with Gasteiger partial charge in [-0.1, -0.05) is 0 Å². The largest absolute Gasteiger partial charge is 0.382 e. The first-order valence-corrected chi connectivity index (χ1v) is 10.1. The highest BCUT2D eigenvalue weighted by Crippen LogP contribution is 2.08. The Morgan fingerprint density at radius 3 is 1.48 bits per heavy atom. The number of hydrogen-bond acceptors (Lipinski definition) is 8. The number of ether oxygens (including phenoxy) is 5. The van der Waals surface area contributed by atoms with Crippen LogP contribution in [0.2, 0.25) is 0 Å². The third-order valence-corrected chi connectivity index (χ3v) is 4.62. The second-order valence-electron chi connectivity index (χ2n) is 3.97. The molecule has 0 radical (unpaired) electrons. The quantitative estimate of drug-likeness (QED) is 0.293. The summed E-state index contributed by atoms with van der Waals surface area (Å²) in [5.74, 6) is 0.436. The third-order valence-electron chi connectivity index (χ3n) is 2.07. The Balaban J connectivity index is 3.03. The van der Waals surface area contributed by atoms with E-state index in [-0.39, 0.29) is 0 Å². The maximum atomic E-state index is 10.8. The molecule has 0 aliphatic carbocycles. The van der Waals surface area contributed by atoms with Gasteiger partial charge >= 0.3 is 0 Å². The van der Waals surface area contributed by atoms with Crippen LogP contribution in [0.4, 0.5) is 0 Å². The zero-order chi connectivity index (χ0) is 15.8. The molecule has 0 bridgehead atoms. The summed E-state index contributed by atoms with van der Waals surface area (Å²) in [5.41, 5.74) is 0. The predicted molar refractivity (Wildman–Crippen MR) is 82.5 cm³/mol. The second kappa shape index (κ2) is 15.0. The van der Waals surface area contributed by atoms with E-state index in [2.05, 4.69) is 0 Å². The normalized spacial score (nSPS) is 11.9. The minimum Gasteiger partial charge on any atom is -0.382 e. The topological polar surface area (TPSA) is 80.3 Å². The Labute approximate surface area is 130 Å². The van der Waals surface area contributed by atoms with Gasteiger partial charge in [0, 0.05) is 19.1 Å². The number of rotatable bonds is 16. The molecule has 0 aromatic rings. The lowest BCUT2D eigenvalue weighted by molar-refractivity contribution is -0.00659. The third kappa shape index (κ3) is 20.1. The molecule has 0 saturated carbocycles. The van der Waals surface area contributed by atoms with Crippen LogP contribution in [-0.4, -0.2) is 87.0 Å². The smallest absolute Gasteiger partial charge is 0.198 e. The van der Waals surface area contributed by atoms with Crippen molar-refractivity contribution in [3.05, 3.63) is 0 Å². The van der Waals surface area contributed by atoms with Gasteiger partial charge in [0.2, 0.25) is 0 Å². The molecule has 0 aliphatic rings. The van der Waals surface area contributed by atoms with E-state index in [0.717, 1.165) is 10.8 Å². The summed E-state index contributed by atoms with van der Waals surface area (Å²) < 4.78 is 47.5. The lowest BCUT2D eigenvalue weighted by Gasteiger charge is -2.07. The summed E-state index contributed by atoms with van der Waals surface area (Å²) in [6, 6.07) is 0. The van der Waals surface area contributed by atoms with Gasteiger partial charge in [-0.25, -0.2) is 8.42 Å². The monoisotopic (exact) mass is 346 g/mol. The van der Waals surface area contributed by atoms with E-state index in [1.54, 1.807) is 7.11 Å². The molecule has 0 aliphatic heterocycles. The molecule has 0 fully saturated rings. The highest BCUT2D eigenvalue weighted by molar-refractivity contribution is 8.71. The molecule has 0 N–H and O–H groups in total. The van der Waals surface area contributed by atoms with Crippen LogP contribution in [-0.2, 0) is 32.6 Å². The summed E-state index contributed by atoms with van der Waals surface area (Å²) in [5, 5.41) is 0. The Hall–Kier alpha value is 0.1000. The molecular weight excluding hydrogens is 320 g/mol. The molecule has 9 heteroatoms. The molecule has 0 rings (SSSR count). The summed E-state index contributed by atoms with van der Waals surface area (Å²) in [7, 11) is -0.455. The minimum absolute atomic E-state index is 0.399. The second-order valence-corrected chi connectivity index (χ2v) is 8.54. The number of hydrogen-bond donors (Lipinski definition) is 0. The van der Waals surface area contributed by atoms with Gasteiger partial charge in [0.05, 0.1) is 59.5 Å². The van der Waals surface area contributed by atoms with Crippen molar-refractivity contribution < 1.29 is 32.1 Å². The lowest BCUT2D eigenvalue weighted by Crippen LogP contribution is -2.13. The molecule has 0 amide bonds. The van der Waals surface area contributed by atoms with Crippen molar-refractivity contribution >= 4 is 19.7 Å². The van der Waals surface area contributed by atoms with Crippen LogP contribution in [0.3, 0.4) is 0 Å². The van der Waals surface area contributed by atoms with Crippen molar-refractivity contribution in [2.24, 2.45) is 0 Å². The van der Waals surface area contributed by atoms with Crippen LogP contribution >= 0.6 is 10.8 Å². The fourth-order valence-corrected chi connectivity index (χ4v) is 2.75. The Kier molecular flexibility index (Phi) is 15.1. The molecule has 128 valence electrons. The van der Waals surface area contributed by atoms with Crippen molar-refractivity contribution in [2.45, 2.75) is 0 Å². The Morgan fingerprint density at radius 1 is 0.714 bits per heavy atom. The van der Waals surface area contributed by atoms with E-state index in [4.69, 9.17) is 23.7 Å².